The molecule has 0 saturated carbocycles. The lowest BCUT2D eigenvalue weighted by Gasteiger charge is -2.19. The number of furan rings is 1. The summed E-state index contributed by atoms with van der Waals surface area (Å²) in [6, 6.07) is 41.5. The van der Waals surface area contributed by atoms with Gasteiger partial charge in [-0.25, -0.2) is 4.98 Å². The number of para-hydroxylation sites is 3. The van der Waals surface area contributed by atoms with Crippen molar-refractivity contribution in [3.63, 3.8) is 0 Å². The van der Waals surface area contributed by atoms with Crippen LogP contribution < -0.4 is 0 Å². The molecule has 2 aromatic heterocycles. The van der Waals surface area contributed by atoms with Crippen LogP contribution in [0.25, 0.3) is 65.0 Å². The van der Waals surface area contributed by atoms with Crippen molar-refractivity contribution in [1.29, 1.82) is 0 Å². The van der Waals surface area contributed by atoms with E-state index >= 15 is 0 Å². The minimum atomic E-state index is -0.0446. The van der Waals surface area contributed by atoms with E-state index in [-0.39, 0.29) is 11.2 Å². The number of fused-ring (bicyclic) bond motifs is 4. The first-order chi connectivity index (χ1) is 23.2. The summed E-state index contributed by atoms with van der Waals surface area (Å²) < 4.78 is 7.59. The Bertz CT molecular complexity index is 2510. The van der Waals surface area contributed by atoms with Gasteiger partial charge < -0.3 is 9.52 Å². The average molecular weight is 643 g/mol. The fourth-order valence-electron chi connectivity index (χ4n) is 6.25. The molecule has 0 aliphatic carbocycles. The molecule has 2 heterocycles. The summed E-state index contributed by atoms with van der Waals surface area (Å²) >= 11 is 1.66. The van der Waals surface area contributed by atoms with Crippen LogP contribution in [0.3, 0.4) is 0 Å². The van der Waals surface area contributed by atoms with Crippen LogP contribution in [-0.4, -0.2) is 16.3 Å². The average Bonchev–Trinajstić information content (AvgIpc) is 3.69. The summed E-state index contributed by atoms with van der Waals surface area (Å²) in [5, 5.41) is 13.7. The molecule has 8 rings (SSSR count). The molecule has 0 radical (unpaired) electrons. The van der Waals surface area contributed by atoms with Crippen LogP contribution in [0.5, 0.6) is 5.75 Å². The molecule has 4 nitrogen and oxygen atoms in total. The van der Waals surface area contributed by atoms with E-state index < -0.39 is 0 Å². The molecule has 0 unspecified atom stereocenters. The van der Waals surface area contributed by atoms with Gasteiger partial charge in [0.25, 0.3) is 0 Å². The number of phenols is 1. The van der Waals surface area contributed by atoms with E-state index in [2.05, 4.69) is 100 Å². The predicted molar refractivity (Wildman–Crippen MR) is 202 cm³/mol. The van der Waals surface area contributed by atoms with E-state index in [1.807, 2.05) is 42.5 Å². The van der Waals surface area contributed by atoms with Gasteiger partial charge >= 0.3 is 0 Å². The molecule has 1 N–H and O–H groups in total. The highest BCUT2D eigenvalue weighted by atomic mass is 32.1. The number of phenolic OH excluding ortho intramolecular Hbond substituents is 1. The van der Waals surface area contributed by atoms with Crippen LogP contribution in [0.4, 0.5) is 5.69 Å². The summed E-state index contributed by atoms with van der Waals surface area (Å²) in [7, 11) is 0. The molecule has 0 amide bonds. The highest BCUT2D eigenvalue weighted by molar-refractivity contribution is 7.21. The Balaban J connectivity index is 1.31. The van der Waals surface area contributed by atoms with E-state index in [1.54, 1.807) is 23.6 Å². The van der Waals surface area contributed by atoms with Gasteiger partial charge in [-0.2, -0.15) is 0 Å². The number of hydrogen-bond acceptors (Lipinski definition) is 5. The topological polar surface area (TPSA) is 58.6 Å². The van der Waals surface area contributed by atoms with E-state index in [0.29, 0.717) is 5.56 Å². The quantitative estimate of drug-likeness (QED) is 0.190. The third-order valence-corrected chi connectivity index (χ3v) is 9.98. The van der Waals surface area contributed by atoms with Crippen molar-refractivity contribution in [2.24, 2.45) is 4.99 Å². The van der Waals surface area contributed by atoms with Gasteiger partial charge in [0.2, 0.25) is 0 Å². The first kappa shape index (κ1) is 29.9. The maximum atomic E-state index is 10.6. The maximum Gasteiger partial charge on any atom is 0.143 e. The first-order valence-electron chi connectivity index (χ1n) is 16.1. The number of aryl methyl sites for hydroxylation is 1. The molecule has 0 atom stereocenters. The van der Waals surface area contributed by atoms with Crippen molar-refractivity contribution in [2.75, 3.05) is 0 Å². The zero-order valence-electron chi connectivity index (χ0n) is 27.3. The minimum Gasteiger partial charge on any atom is -0.507 e. The van der Waals surface area contributed by atoms with E-state index in [9.17, 15) is 5.11 Å². The van der Waals surface area contributed by atoms with Gasteiger partial charge in [0.15, 0.2) is 0 Å². The van der Waals surface area contributed by atoms with E-state index in [1.165, 1.54) is 5.56 Å². The van der Waals surface area contributed by atoms with Crippen molar-refractivity contribution in [1.82, 2.24) is 4.98 Å². The van der Waals surface area contributed by atoms with E-state index in [4.69, 9.17) is 14.4 Å². The number of aromatic hydroxyl groups is 1. The second-order valence-corrected chi connectivity index (χ2v) is 14.4. The molecular formula is C43H34N2O2S. The largest absolute Gasteiger partial charge is 0.507 e. The zero-order valence-corrected chi connectivity index (χ0v) is 28.1. The Morgan fingerprint density at radius 3 is 2.31 bits per heavy atom. The second kappa shape index (κ2) is 11.6. The van der Waals surface area contributed by atoms with Gasteiger partial charge in [0.05, 0.1) is 15.9 Å². The molecule has 234 valence electrons. The molecule has 8 aromatic rings. The molecule has 0 aliphatic rings. The Labute approximate surface area is 283 Å². The highest BCUT2D eigenvalue weighted by Crippen LogP contribution is 2.44. The first-order valence-corrected chi connectivity index (χ1v) is 16.9. The lowest BCUT2D eigenvalue weighted by atomic mass is 9.86. The fraction of sp³-hybridized carbons (Fsp3) is 0.116. The number of aliphatic imine (C=N–C) groups is 1. The summed E-state index contributed by atoms with van der Waals surface area (Å²) in [6.07, 6.45) is 1.75. The summed E-state index contributed by atoms with van der Waals surface area (Å²) in [6.45, 7) is 8.60. The summed E-state index contributed by atoms with van der Waals surface area (Å²) in [5.74, 6) is 0.206. The summed E-state index contributed by atoms with van der Waals surface area (Å²) in [5.41, 5.74) is 11.7. The van der Waals surface area contributed by atoms with Gasteiger partial charge in [-0.1, -0.05) is 105 Å². The van der Waals surface area contributed by atoms with Crippen LogP contribution in [0, 0.1) is 6.92 Å². The van der Waals surface area contributed by atoms with Crippen LogP contribution >= 0.6 is 11.3 Å². The molecule has 48 heavy (non-hydrogen) atoms. The van der Waals surface area contributed by atoms with Gasteiger partial charge in [-0.15, -0.1) is 11.3 Å². The van der Waals surface area contributed by atoms with Gasteiger partial charge in [0.1, 0.15) is 21.9 Å². The van der Waals surface area contributed by atoms with Crippen LogP contribution in [0.15, 0.2) is 131 Å². The van der Waals surface area contributed by atoms with Crippen molar-refractivity contribution >= 4 is 55.4 Å². The normalized spacial score (nSPS) is 12.2. The van der Waals surface area contributed by atoms with Crippen molar-refractivity contribution in [3.8, 4) is 38.6 Å². The van der Waals surface area contributed by atoms with Crippen molar-refractivity contribution in [2.45, 2.75) is 33.1 Å². The second-order valence-electron chi connectivity index (χ2n) is 13.3. The lowest BCUT2D eigenvalue weighted by Crippen LogP contribution is -2.11. The molecular weight excluding hydrogens is 609 g/mol. The highest BCUT2D eigenvalue weighted by Gasteiger charge is 2.20. The Morgan fingerprint density at radius 2 is 1.48 bits per heavy atom. The fourth-order valence-corrected chi connectivity index (χ4v) is 7.32. The van der Waals surface area contributed by atoms with Gasteiger partial charge in [-0.05, 0) is 71.5 Å². The van der Waals surface area contributed by atoms with Crippen molar-refractivity contribution < 1.29 is 9.52 Å². The van der Waals surface area contributed by atoms with Gasteiger partial charge in [0, 0.05) is 39.2 Å². The Morgan fingerprint density at radius 1 is 0.729 bits per heavy atom. The smallest absolute Gasteiger partial charge is 0.143 e. The minimum absolute atomic E-state index is 0.0446. The predicted octanol–water partition coefficient (Wildman–Crippen LogP) is 12.3. The number of rotatable bonds is 5. The number of nitrogens with zero attached hydrogens (tertiary/aromatic N) is 2. The monoisotopic (exact) mass is 642 g/mol. The lowest BCUT2D eigenvalue weighted by molar-refractivity contribution is 0.473. The number of hydrogen-bond donors (Lipinski definition) is 1. The SMILES string of the molecule is Cc1ccc(-c2cc(-c3cccc4c3oc3ccccc34)c3nc(-c4ccccc4N=Cc4cc(C(C)(C)C)ccc4O)sc3c2)cc1. The molecule has 5 heteroatoms. The number of aromatic nitrogens is 1. The van der Waals surface area contributed by atoms with Gasteiger partial charge in [-0.3, -0.25) is 4.99 Å². The van der Waals surface area contributed by atoms with E-state index in [0.717, 1.165) is 76.2 Å². The Hall–Kier alpha value is -5.52. The third-order valence-electron chi connectivity index (χ3n) is 8.95. The standard InChI is InChI=1S/C43H34N2O2S/c1-26-16-18-27(19-17-26)28-23-35(33-13-9-12-32-31-10-6-8-15-38(31)47-41(32)33)40-39(24-28)48-42(45-40)34-11-5-7-14-36(34)44-25-29-22-30(43(2,3)4)20-21-37(29)46/h5-25,46H,1-4H3. The Kier molecular flexibility index (Phi) is 7.23. The molecule has 0 aliphatic heterocycles. The zero-order chi connectivity index (χ0) is 33.0. The molecule has 6 aromatic carbocycles. The number of benzene rings is 6. The van der Waals surface area contributed by atoms with Crippen LogP contribution in [0.1, 0.15) is 37.5 Å². The van der Waals surface area contributed by atoms with Crippen LogP contribution in [-0.2, 0) is 5.41 Å². The van der Waals surface area contributed by atoms with Crippen molar-refractivity contribution in [3.05, 3.63) is 138 Å². The molecule has 0 bridgehead atoms. The third kappa shape index (κ3) is 5.36. The molecule has 0 spiro atoms. The summed E-state index contributed by atoms with van der Waals surface area (Å²) in [4.78, 5) is 10.2. The molecule has 0 saturated heterocycles. The maximum absolute atomic E-state index is 10.6. The molecule has 0 fully saturated rings. The van der Waals surface area contributed by atoms with Crippen LogP contribution in [0.2, 0.25) is 0 Å². The number of thiazole rings is 1.